The van der Waals surface area contributed by atoms with Gasteiger partial charge in [-0.3, -0.25) is 9.36 Å². The lowest BCUT2D eigenvalue weighted by Gasteiger charge is -2.13. The first-order chi connectivity index (χ1) is 9.66. The van der Waals surface area contributed by atoms with Crippen molar-refractivity contribution in [3.8, 4) is 0 Å². The number of fused-ring (bicyclic) bond motifs is 1. The summed E-state index contributed by atoms with van der Waals surface area (Å²) in [5, 5.41) is 2.93. The minimum absolute atomic E-state index is 0.0350. The third kappa shape index (κ3) is 2.39. The van der Waals surface area contributed by atoms with Gasteiger partial charge in [-0.05, 0) is 23.9 Å². The van der Waals surface area contributed by atoms with Crippen LogP contribution in [0.1, 0.15) is 17.7 Å². The number of thioether (sulfide) groups is 1. The van der Waals surface area contributed by atoms with Crippen LogP contribution in [0.15, 0.2) is 51.7 Å². The minimum Gasteiger partial charge on any atom is -0.289 e. The number of nitrogens with zero attached hydrogens (tertiary/aromatic N) is 2. The van der Waals surface area contributed by atoms with E-state index in [1.54, 1.807) is 23.4 Å². The second kappa shape index (κ2) is 5.42. The van der Waals surface area contributed by atoms with Crippen molar-refractivity contribution in [1.29, 1.82) is 0 Å². The fraction of sp³-hybridized carbons (Fsp3) is 0.200. The molecule has 0 aliphatic heterocycles. The van der Waals surface area contributed by atoms with E-state index in [2.05, 4.69) is 24.0 Å². The van der Waals surface area contributed by atoms with Gasteiger partial charge >= 0.3 is 0 Å². The molecular weight excluding hydrogens is 288 g/mol. The zero-order valence-corrected chi connectivity index (χ0v) is 12.9. The van der Waals surface area contributed by atoms with E-state index < -0.39 is 0 Å². The Bertz CT molecular complexity index is 792. The first-order valence-corrected chi connectivity index (χ1v) is 8.08. The number of rotatable bonds is 3. The molecule has 0 fully saturated rings. The van der Waals surface area contributed by atoms with E-state index >= 15 is 0 Å². The maximum Gasteiger partial charge on any atom is 0.271 e. The molecule has 0 aliphatic carbocycles. The van der Waals surface area contributed by atoms with Crippen LogP contribution in [-0.4, -0.2) is 9.55 Å². The molecule has 3 aromatic rings. The predicted molar refractivity (Wildman–Crippen MR) is 85.6 cm³/mol. The number of thiophene rings is 1. The smallest absolute Gasteiger partial charge is 0.271 e. The Kier molecular flexibility index (Phi) is 3.63. The molecule has 1 atom stereocenters. The molecule has 0 radical (unpaired) electrons. The van der Waals surface area contributed by atoms with Gasteiger partial charge in [0.2, 0.25) is 0 Å². The molecule has 0 unspecified atom stereocenters. The summed E-state index contributed by atoms with van der Waals surface area (Å²) < 4.78 is 2.37. The highest BCUT2D eigenvalue weighted by Crippen LogP contribution is 2.33. The van der Waals surface area contributed by atoms with E-state index in [0.717, 1.165) is 15.4 Å². The van der Waals surface area contributed by atoms with Crippen LogP contribution in [0.4, 0.5) is 0 Å². The maximum atomic E-state index is 12.2. The van der Waals surface area contributed by atoms with E-state index in [-0.39, 0.29) is 10.8 Å². The number of hydrogen-bond donors (Lipinski definition) is 0. The van der Waals surface area contributed by atoms with Gasteiger partial charge in [0.15, 0.2) is 5.16 Å². The predicted octanol–water partition coefficient (Wildman–Crippen LogP) is 3.85. The molecule has 0 N–H and O–H groups in total. The Morgan fingerprint density at radius 3 is 2.75 bits per heavy atom. The van der Waals surface area contributed by atoms with Gasteiger partial charge in [-0.15, -0.1) is 11.3 Å². The van der Waals surface area contributed by atoms with Crippen molar-refractivity contribution in [2.75, 3.05) is 0 Å². The second-order valence-corrected chi connectivity index (χ2v) is 6.79. The van der Waals surface area contributed by atoms with E-state index in [1.807, 2.05) is 29.6 Å². The SMILES string of the molecule is C[C@H](Sc1nc2ccsc2c(=O)n1C)c1ccccc1. The molecule has 1 aromatic carbocycles. The van der Waals surface area contributed by atoms with Gasteiger partial charge in [-0.2, -0.15) is 0 Å². The van der Waals surface area contributed by atoms with Gasteiger partial charge in [-0.25, -0.2) is 4.98 Å². The van der Waals surface area contributed by atoms with Gasteiger partial charge in [0, 0.05) is 12.3 Å². The molecule has 0 spiro atoms. The second-order valence-electron chi connectivity index (χ2n) is 4.56. The third-order valence-electron chi connectivity index (χ3n) is 3.20. The van der Waals surface area contributed by atoms with E-state index in [0.29, 0.717) is 0 Å². The Hall–Kier alpha value is -1.59. The molecule has 0 bridgehead atoms. The molecule has 3 nitrogen and oxygen atoms in total. The summed E-state index contributed by atoms with van der Waals surface area (Å²) in [4.78, 5) is 16.8. The fourth-order valence-corrected chi connectivity index (χ4v) is 3.83. The molecule has 0 amide bonds. The molecule has 102 valence electrons. The first kappa shape index (κ1) is 13.4. The lowest BCUT2D eigenvalue weighted by Crippen LogP contribution is -2.19. The quantitative estimate of drug-likeness (QED) is 0.544. The molecule has 0 saturated carbocycles. The van der Waals surface area contributed by atoms with Crippen LogP contribution in [0, 0.1) is 0 Å². The van der Waals surface area contributed by atoms with Crippen LogP contribution in [0.25, 0.3) is 10.2 Å². The fourth-order valence-electron chi connectivity index (χ4n) is 2.02. The molecule has 2 aromatic heterocycles. The van der Waals surface area contributed by atoms with Crippen molar-refractivity contribution >= 4 is 33.3 Å². The van der Waals surface area contributed by atoms with Crippen molar-refractivity contribution in [1.82, 2.24) is 9.55 Å². The average molecular weight is 302 g/mol. The van der Waals surface area contributed by atoms with Crippen molar-refractivity contribution in [2.24, 2.45) is 7.05 Å². The average Bonchev–Trinajstić information content (AvgIpc) is 2.93. The van der Waals surface area contributed by atoms with Gasteiger partial charge in [0.25, 0.3) is 5.56 Å². The lowest BCUT2D eigenvalue weighted by atomic mass is 10.2. The standard InChI is InChI=1S/C15H14N2OS2/c1-10(11-6-4-3-5-7-11)20-15-16-12-8-9-19-13(12)14(18)17(15)2/h3-10H,1-2H3/t10-/m0/s1. The summed E-state index contributed by atoms with van der Waals surface area (Å²) in [7, 11) is 1.79. The maximum absolute atomic E-state index is 12.2. The van der Waals surface area contributed by atoms with Crippen molar-refractivity contribution < 1.29 is 0 Å². The summed E-state index contributed by atoms with van der Waals surface area (Å²) in [5.74, 6) is 0. The zero-order valence-electron chi connectivity index (χ0n) is 11.2. The Labute approximate surface area is 125 Å². The molecule has 0 aliphatic rings. The van der Waals surface area contributed by atoms with Gasteiger partial charge < -0.3 is 0 Å². The van der Waals surface area contributed by atoms with Crippen LogP contribution in [0.2, 0.25) is 0 Å². The van der Waals surface area contributed by atoms with E-state index in [4.69, 9.17) is 0 Å². The Morgan fingerprint density at radius 1 is 1.25 bits per heavy atom. The van der Waals surface area contributed by atoms with Gasteiger partial charge in [0.05, 0.1) is 5.52 Å². The zero-order chi connectivity index (χ0) is 14.1. The summed E-state index contributed by atoms with van der Waals surface area (Å²) in [5.41, 5.74) is 2.06. The van der Waals surface area contributed by atoms with Crippen molar-refractivity contribution in [3.63, 3.8) is 0 Å². The van der Waals surface area contributed by atoms with Crippen molar-refractivity contribution in [2.45, 2.75) is 17.3 Å². The largest absolute Gasteiger partial charge is 0.289 e. The van der Waals surface area contributed by atoms with Crippen LogP contribution in [-0.2, 0) is 7.05 Å². The molecule has 2 heterocycles. The minimum atomic E-state index is 0.0350. The Balaban J connectivity index is 1.99. The topological polar surface area (TPSA) is 34.9 Å². The van der Waals surface area contributed by atoms with Gasteiger partial charge in [-0.1, -0.05) is 42.1 Å². The first-order valence-electron chi connectivity index (χ1n) is 6.32. The van der Waals surface area contributed by atoms with Crippen LogP contribution < -0.4 is 5.56 Å². The van der Waals surface area contributed by atoms with Gasteiger partial charge in [0.1, 0.15) is 4.70 Å². The summed E-state index contributed by atoms with van der Waals surface area (Å²) in [6, 6.07) is 12.2. The Morgan fingerprint density at radius 2 is 2.00 bits per heavy atom. The molecule has 5 heteroatoms. The number of benzene rings is 1. The molecule has 20 heavy (non-hydrogen) atoms. The molecule has 0 saturated heterocycles. The highest BCUT2D eigenvalue weighted by molar-refractivity contribution is 7.99. The number of aromatic nitrogens is 2. The normalized spacial score (nSPS) is 12.7. The monoisotopic (exact) mass is 302 g/mol. The molecule has 3 rings (SSSR count). The highest BCUT2D eigenvalue weighted by Gasteiger charge is 2.14. The van der Waals surface area contributed by atoms with Crippen LogP contribution in [0.3, 0.4) is 0 Å². The van der Waals surface area contributed by atoms with Crippen LogP contribution in [0.5, 0.6) is 0 Å². The van der Waals surface area contributed by atoms with Crippen LogP contribution >= 0.6 is 23.1 Å². The summed E-state index contributed by atoms with van der Waals surface area (Å²) in [6.07, 6.45) is 0. The third-order valence-corrected chi connectivity index (χ3v) is 5.29. The van der Waals surface area contributed by atoms with E-state index in [1.165, 1.54) is 16.9 Å². The molecular formula is C15H14N2OS2. The summed E-state index contributed by atoms with van der Waals surface area (Å²) >= 11 is 3.06. The highest BCUT2D eigenvalue weighted by atomic mass is 32.2. The number of hydrogen-bond acceptors (Lipinski definition) is 4. The lowest BCUT2D eigenvalue weighted by molar-refractivity contribution is 0.725. The summed E-state index contributed by atoms with van der Waals surface area (Å²) in [6.45, 7) is 2.13. The van der Waals surface area contributed by atoms with E-state index in [9.17, 15) is 4.79 Å². The van der Waals surface area contributed by atoms with Crippen molar-refractivity contribution in [3.05, 3.63) is 57.7 Å².